The summed E-state index contributed by atoms with van der Waals surface area (Å²) in [5.74, 6) is 0.848. The van der Waals surface area contributed by atoms with Crippen molar-refractivity contribution in [3.63, 3.8) is 0 Å². The molecule has 1 aliphatic heterocycles. The lowest BCUT2D eigenvalue weighted by Crippen LogP contribution is -2.15. The van der Waals surface area contributed by atoms with Gasteiger partial charge in [-0.2, -0.15) is 0 Å². The first-order valence-corrected chi connectivity index (χ1v) is 8.85. The van der Waals surface area contributed by atoms with Crippen LogP contribution in [0.25, 0.3) is 11.3 Å². The molecule has 2 aromatic carbocycles. The summed E-state index contributed by atoms with van der Waals surface area (Å²) in [6, 6.07) is 13.1. The van der Waals surface area contributed by atoms with Crippen LogP contribution < -0.4 is 9.47 Å². The highest BCUT2D eigenvalue weighted by atomic mass is 16.6. The molecule has 8 nitrogen and oxygen atoms in total. The number of fused-ring (bicyclic) bond motifs is 1. The fourth-order valence-electron chi connectivity index (χ4n) is 2.80. The molecule has 0 saturated carbocycles. The number of carbonyl (C=O) groups is 2. The van der Waals surface area contributed by atoms with Crippen molar-refractivity contribution >= 4 is 11.9 Å². The van der Waals surface area contributed by atoms with Gasteiger partial charge in [0.15, 0.2) is 17.3 Å². The number of esters is 2. The van der Waals surface area contributed by atoms with E-state index in [4.69, 9.17) is 18.7 Å². The van der Waals surface area contributed by atoms with Gasteiger partial charge in [-0.1, -0.05) is 5.16 Å². The van der Waals surface area contributed by atoms with E-state index in [1.54, 1.807) is 6.07 Å². The number of carbonyl (C=O) groups excluding carboxylic acids is 2. The molecule has 4 rings (SSSR count). The predicted octanol–water partition coefficient (Wildman–Crippen LogP) is 3.26. The second-order valence-corrected chi connectivity index (χ2v) is 6.19. The zero-order valence-corrected chi connectivity index (χ0v) is 15.5. The van der Waals surface area contributed by atoms with Crippen LogP contribution >= 0.6 is 0 Å². The van der Waals surface area contributed by atoms with Crippen LogP contribution in [0.4, 0.5) is 0 Å². The topological polar surface area (TPSA) is 97.1 Å². The summed E-state index contributed by atoms with van der Waals surface area (Å²) in [6.45, 7) is 0.968. The Kier molecular flexibility index (Phi) is 5.15. The number of ether oxygens (including phenoxy) is 4. The first-order valence-electron chi connectivity index (χ1n) is 8.85. The summed E-state index contributed by atoms with van der Waals surface area (Å²) in [5, 5.41) is 3.93. The lowest BCUT2D eigenvalue weighted by Gasteiger charge is -2.18. The van der Waals surface area contributed by atoms with Crippen LogP contribution in [-0.4, -0.2) is 37.4 Å². The molecule has 0 aliphatic carbocycles. The molecule has 8 heteroatoms. The van der Waals surface area contributed by atoms with E-state index >= 15 is 0 Å². The van der Waals surface area contributed by atoms with Crippen molar-refractivity contribution in [3.05, 3.63) is 65.4 Å². The molecule has 0 spiro atoms. The molecule has 0 fully saturated rings. The van der Waals surface area contributed by atoms with E-state index in [1.807, 2.05) is 18.2 Å². The molecule has 148 valence electrons. The van der Waals surface area contributed by atoms with Gasteiger partial charge in [0.2, 0.25) is 0 Å². The number of hydrogen-bond donors (Lipinski definition) is 0. The molecule has 0 bridgehead atoms. The van der Waals surface area contributed by atoms with Crippen LogP contribution in [0, 0.1) is 0 Å². The SMILES string of the molecule is COC(=O)c1ccc(C(=O)OCc2cc(-c3ccc4c(c3)OCCO4)on2)cc1. The van der Waals surface area contributed by atoms with Gasteiger partial charge in [-0.3, -0.25) is 0 Å². The van der Waals surface area contributed by atoms with E-state index < -0.39 is 11.9 Å². The Balaban J connectivity index is 1.39. The Morgan fingerprint density at radius 3 is 2.34 bits per heavy atom. The van der Waals surface area contributed by atoms with E-state index in [-0.39, 0.29) is 6.61 Å². The molecule has 0 atom stereocenters. The average Bonchev–Trinajstić information content (AvgIpc) is 3.26. The van der Waals surface area contributed by atoms with Crippen molar-refractivity contribution in [2.75, 3.05) is 20.3 Å². The molecule has 1 aliphatic rings. The molecule has 0 amide bonds. The van der Waals surface area contributed by atoms with Gasteiger partial charge < -0.3 is 23.5 Å². The third-order valence-corrected chi connectivity index (χ3v) is 4.28. The van der Waals surface area contributed by atoms with E-state index in [0.29, 0.717) is 47.3 Å². The van der Waals surface area contributed by atoms with Crippen LogP contribution in [0.1, 0.15) is 26.4 Å². The molecule has 1 aromatic heterocycles. The molecule has 0 radical (unpaired) electrons. The number of benzene rings is 2. The predicted molar refractivity (Wildman–Crippen MR) is 99.8 cm³/mol. The van der Waals surface area contributed by atoms with Crippen molar-refractivity contribution in [1.82, 2.24) is 5.16 Å². The first kappa shape index (κ1) is 18.5. The maximum absolute atomic E-state index is 12.2. The Labute approximate surface area is 165 Å². The monoisotopic (exact) mass is 395 g/mol. The van der Waals surface area contributed by atoms with E-state index in [1.165, 1.54) is 31.4 Å². The number of methoxy groups -OCH3 is 1. The van der Waals surface area contributed by atoms with E-state index in [0.717, 1.165) is 5.56 Å². The maximum atomic E-state index is 12.2. The summed E-state index contributed by atoms with van der Waals surface area (Å²) < 4.78 is 26.3. The van der Waals surface area contributed by atoms with Gasteiger partial charge in [0.05, 0.1) is 18.2 Å². The minimum atomic E-state index is -0.537. The maximum Gasteiger partial charge on any atom is 0.338 e. The second kappa shape index (κ2) is 8.05. The van der Waals surface area contributed by atoms with Gasteiger partial charge in [0.1, 0.15) is 25.5 Å². The van der Waals surface area contributed by atoms with Gasteiger partial charge in [0, 0.05) is 11.6 Å². The van der Waals surface area contributed by atoms with Gasteiger partial charge >= 0.3 is 11.9 Å². The van der Waals surface area contributed by atoms with Crippen molar-refractivity contribution < 1.29 is 33.1 Å². The molecule has 0 saturated heterocycles. The van der Waals surface area contributed by atoms with Crippen LogP contribution in [0.2, 0.25) is 0 Å². The van der Waals surface area contributed by atoms with Gasteiger partial charge in [-0.15, -0.1) is 0 Å². The fraction of sp³-hybridized carbons (Fsp3) is 0.190. The Morgan fingerprint density at radius 2 is 1.62 bits per heavy atom. The van der Waals surface area contributed by atoms with Crippen molar-refractivity contribution in [2.24, 2.45) is 0 Å². The zero-order valence-electron chi connectivity index (χ0n) is 15.5. The normalized spacial score (nSPS) is 12.3. The molecule has 29 heavy (non-hydrogen) atoms. The van der Waals surface area contributed by atoms with Crippen LogP contribution in [0.3, 0.4) is 0 Å². The summed E-state index contributed by atoms with van der Waals surface area (Å²) in [5.41, 5.74) is 1.91. The van der Waals surface area contributed by atoms with Crippen LogP contribution in [0.5, 0.6) is 11.5 Å². The van der Waals surface area contributed by atoms with E-state index in [9.17, 15) is 9.59 Å². The van der Waals surface area contributed by atoms with Crippen LogP contribution in [-0.2, 0) is 16.1 Å². The highest BCUT2D eigenvalue weighted by Gasteiger charge is 2.16. The first-order chi connectivity index (χ1) is 14.1. The minimum absolute atomic E-state index is 0.0500. The fourth-order valence-corrected chi connectivity index (χ4v) is 2.80. The lowest BCUT2D eigenvalue weighted by molar-refractivity contribution is 0.0463. The van der Waals surface area contributed by atoms with E-state index in [2.05, 4.69) is 9.89 Å². The lowest BCUT2D eigenvalue weighted by atomic mass is 10.1. The average molecular weight is 395 g/mol. The number of hydrogen-bond acceptors (Lipinski definition) is 8. The smallest absolute Gasteiger partial charge is 0.338 e. The van der Waals surface area contributed by atoms with Gasteiger partial charge in [0.25, 0.3) is 0 Å². The molecule has 2 heterocycles. The zero-order chi connectivity index (χ0) is 20.2. The molecule has 0 N–H and O–H groups in total. The highest BCUT2D eigenvalue weighted by molar-refractivity contribution is 5.93. The Bertz CT molecular complexity index is 1040. The van der Waals surface area contributed by atoms with Gasteiger partial charge in [-0.25, -0.2) is 9.59 Å². The quantitative estimate of drug-likeness (QED) is 0.608. The molecular weight excluding hydrogens is 378 g/mol. The van der Waals surface area contributed by atoms with Crippen molar-refractivity contribution in [3.8, 4) is 22.8 Å². The van der Waals surface area contributed by atoms with Crippen LogP contribution in [0.15, 0.2) is 53.1 Å². The highest BCUT2D eigenvalue weighted by Crippen LogP contribution is 2.34. The Morgan fingerprint density at radius 1 is 0.931 bits per heavy atom. The minimum Gasteiger partial charge on any atom is -0.486 e. The van der Waals surface area contributed by atoms with Crippen molar-refractivity contribution in [2.45, 2.75) is 6.61 Å². The summed E-state index contributed by atoms with van der Waals surface area (Å²) >= 11 is 0. The van der Waals surface area contributed by atoms with Gasteiger partial charge in [-0.05, 0) is 42.5 Å². The molecular formula is C21H17NO7. The number of aromatic nitrogens is 1. The Hall–Kier alpha value is -3.81. The molecule has 0 unspecified atom stereocenters. The third-order valence-electron chi connectivity index (χ3n) is 4.28. The summed E-state index contributed by atoms with van der Waals surface area (Å²) in [6.07, 6.45) is 0. The largest absolute Gasteiger partial charge is 0.486 e. The third kappa shape index (κ3) is 4.06. The number of rotatable bonds is 5. The second-order valence-electron chi connectivity index (χ2n) is 6.19. The van der Waals surface area contributed by atoms with Crippen molar-refractivity contribution in [1.29, 1.82) is 0 Å². The summed E-state index contributed by atoms with van der Waals surface area (Å²) in [7, 11) is 1.29. The summed E-state index contributed by atoms with van der Waals surface area (Å²) in [4.78, 5) is 23.6. The number of nitrogens with zero attached hydrogens (tertiary/aromatic N) is 1. The molecule has 3 aromatic rings. The standard InChI is InChI=1S/C21H17NO7/c1-25-20(23)13-2-4-14(5-3-13)21(24)28-12-16-11-18(29-22-16)15-6-7-17-19(10-15)27-9-8-26-17/h2-7,10-11H,8-9,12H2,1H3.